The van der Waals surface area contributed by atoms with E-state index in [2.05, 4.69) is 10.3 Å². The zero-order valence-electron chi connectivity index (χ0n) is 16.9. The normalized spacial score (nSPS) is 19.2. The number of hydrogen-bond acceptors (Lipinski definition) is 4. The van der Waals surface area contributed by atoms with Crippen molar-refractivity contribution in [3.8, 4) is 0 Å². The molecule has 3 N–H and O–H groups in total. The maximum Gasteiger partial charge on any atom is 0.321 e. The minimum absolute atomic E-state index is 0.234. The first kappa shape index (κ1) is 20.6. The highest BCUT2D eigenvalue weighted by molar-refractivity contribution is 7.89. The molecule has 0 saturated carbocycles. The van der Waals surface area contributed by atoms with Crippen LogP contribution in [0.4, 0.5) is 0 Å². The number of aromatic amines is 1. The number of para-hydroxylation sites is 1. The minimum Gasteiger partial charge on any atom is -0.480 e. The van der Waals surface area contributed by atoms with Gasteiger partial charge in [0, 0.05) is 36.1 Å². The van der Waals surface area contributed by atoms with Crippen LogP contribution in [0, 0.1) is 0 Å². The topological polar surface area (TPSA) is 102 Å². The van der Waals surface area contributed by atoms with Gasteiger partial charge in [-0.2, -0.15) is 4.31 Å². The third kappa shape index (κ3) is 3.40. The van der Waals surface area contributed by atoms with Crippen LogP contribution in [-0.4, -0.2) is 47.9 Å². The largest absolute Gasteiger partial charge is 0.480 e. The summed E-state index contributed by atoms with van der Waals surface area (Å²) in [6.45, 7) is 4.43. The number of nitrogens with zero attached hydrogens (tertiary/aromatic N) is 1. The van der Waals surface area contributed by atoms with E-state index in [9.17, 15) is 18.3 Å². The van der Waals surface area contributed by atoms with Gasteiger partial charge in [0.1, 0.15) is 6.04 Å². The summed E-state index contributed by atoms with van der Waals surface area (Å²) in [5.74, 6) is -0.906. The molecule has 8 heteroatoms. The van der Waals surface area contributed by atoms with E-state index in [0.717, 1.165) is 27.7 Å². The van der Waals surface area contributed by atoms with Gasteiger partial charge in [0.25, 0.3) is 0 Å². The van der Waals surface area contributed by atoms with E-state index in [4.69, 9.17) is 0 Å². The lowest BCUT2D eigenvalue weighted by molar-refractivity contribution is -0.139. The summed E-state index contributed by atoms with van der Waals surface area (Å²) < 4.78 is 26.9. The average Bonchev–Trinajstić information content (AvgIpc) is 3.12. The van der Waals surface area contributed by atoms with Crippen molar-refractivity contribution < 1.29 is 18.3 Å². The first-order valence-electron chi connectivity index (χ1n) is 10.0. The number of benzene rings is 2. The molecule has 0 radical (unpaired) electrons. The quantitative estimate of drug-likeness (QED) is 0.561. The number of rotatable bonds is 6. The maximum absolute atomic E-state index is 12.8. The number of carboxylic acids is 1. The summed E-state index contributed by atoms with van der Waals surface area (Å²) in [4.78, 5) is 15.4. The summed E-state index contributed by atoms with van der Waals surface area (Å²) in [6, 6.07) is 13.5. The predicted octanol–water partition coefficient (Wildman–Crippen LogP) is 2.89. The molecule has 2 unspecified atom stereocenters. The molecule has 0 fully saturated rings. The standard InChI is InChI=1S/C22H25N3O4S/c1-3-25(4-2)30(28,29)15-11-9-14(10-12-15)20-21-17(13-19(24-20)22(26)27)16-7-5-6-8-18(16)23-21/h5-12,19-20,23-24H,3-4,13H2,1-2H3,(H,26,27). The summed E-state index contributed by atoms with van der Waals surface area (Å²) in [5, 5.41) is 13.9. The van der Waals surface area contributed by atoms with Gasteiger partial charge in [-0.15, -0.1) is 0 Å². The van der Waals surface area contributed by atoms with Crippen LogP contribution in [0.25, 0.3) is 10.9 Å². The first-order valence-corrected chi connectivity index (χ1v) is 11.5. The number of sulfonamides is 1. The van der Waals surface area contributed by atoms with E-state index < -0.39 is 22.0 Å². The van der Waals surface area contributed by atoms with E-state index in [1.807, 2.05) is 38.1 Å². The molecule has 0 spiro atoms. The number of H-pyrrole nitrogens is 1. The number of carbonyl (C=O) groups is 1. The fourth-order valence-corrected chi connectivity index (χ4v) is 5.66. The average molecular weight is 428 g/mol. The van der Waals surface area contributed by atoms with Crippen LogP contribution in [0.15, 0.2) is 53.4 Å². The van der Waals surface area contributed by atoms with Crippen molar-refractivity contribution in [3.05, 3.63) is 65.4 Å². The van der Waals surface area contributed by atoms with Crippen LogP contribution in [0.2, 0.25) is 0 Å². The Morgan fingerprint density at radius 1 is 1.10 bits per heavy atom. The summed E-state index contributed by atoms with van der Waals surface area (Å²) in [7, 11) is -3.54. The molecule has 2 atom stereocenters. The van der Waals surface area contributed by atoms with Crippen LogP contribution in [0.3, 0.4) is 0 Å². The van der Waals surface area contributed by atoms with Gasteiger partial charge < -0.3 is 10.1 Å². The molecule has 4 rings (SSSR count). The van der Waals surface area contributed by atoms with E-state index in [1.165, 1.54) is 4.31 Å². The lowest BCUT2D eigenvalue weighted by Gasteiger charge is -2.29. The van der Waals surface area contributed by atoms with Crippen molar-refractivity contribution in [2.45, 2.75) is 37.2 Å². The van der Waals surface area contributed by atoms with Crippen LogP contribution < -0.4 is 5.32 Å². The van der Waals surface area contributed by atoms with Crippen molar-refractivity contribution in [1.29, 1.82) is 0 Å². The second-order valence-corrected chi connectivity index (χ2v) is 9.35. The summed E-state index contributed by atoms with van der Waals surface area (Å²) in [6.07, 6.45) is 0.388. The molecular formula is C22H25N3O4S. The molecule has 0 amide bonds. The smallest absolute Gasteiger partial charge is 0.321 e. The maximum atomic E-state index is 12.8. The lowest BCUT2D eigenvalue weighted by atomic mass is 9.90. The Morgan fingerprint density at radius 2 is 1.77 bits per heavy atom. The zero-order valence-corrected chi connectivity index (χ0v) is 17.7. The Balaban J connectivity index is 1.76. The van der Waals surface area contributed by atoms with Crippen molar-refractivity contribution in [3.63, 3.8) is 0 Å². The van der Waals surface area contributed by atoms with Crippen LogP contribution in [-0.2, 0) is 21.2 Å². The van der Waals surface area contributed by atoms with E-state index in [-0.39, 0.29) is 10.9 Å². The highest BCUT2D eigenvalue weighted by Gasteiger charge is 2.34. The number of hydrogen-bond donors (Lipinski definition) is 3. The first-order chi connectivity index (χ1) is 14.4. The predicted molar refractivity (Wildman–Crippen MR) is 115 cm³/mol. The highest BCUT2D eigenvalue weighted by atomic mass is 32.2. The molecule has 158 valence electrons. The van der Waals surface area contributed by atoms with Crippen LogP contribution >= 0.6 is 0 Å². The Bertz CT molecular complexity index is 1180. The van der Waals surface area contributed by atoms with Crippen molar-refractivity contribution in [1.82, 2.24) is 14.6 Å². The Hall–Kier alpha value is -2.68. The molecule has 1 aliphatic heterocycles. The Labute approximate surface area is 175 Å². The molecule has 7 nitrogen and oxygen atoms in total. The number of aliphatic carboxylic acids is 1. The molecule has 2 aromatic carbocycles. The Kier molecular flexibility index (Phi) is 5.40. The lowest BCUT2D eigenvalue weighted by Crippen LogP contribution is -2.44. The summed E-state index contributed by atoms with van der Waals surface area (Å²) in [5.41, 5.74) is 3.68. The van der Waals surface area contributed by atoms with Gasteiger partial charge in [0.15, 0.2) is 0 Å². The summed E-state index contributed by atoms with van der Waals surface area (Å²) >= 11 is 0. The Morgan fingerprint density at radius 3 is 2.40 bits per heavy atom. The SMILES string of the molecule is CCN(CC)S(=O)(=O)c1ccc(C2NC(C(=O)O)Cc3c2[nH]c2ccccc32)cc1. The molecular weight excluding hydrogens is 402 g/mol. The number of aromatic nitrogens is 1. The molecule has 1 aliphatic rings. The van der Waals surface area contributed by atoms with E-state index in [0.29, 0.717) is 19.5 Å². The van der Waals surface area contributed by atoms with Crippen LogP contribution in [0.5, 0.6) is 0 Å². The third-order valence-corrected chi connectivity index (χ3v) is 7.83. The zero-order chi connectivity index (χ0) is 21.5. The highest BCUT2D eigenvalue weighted by Crippen LogP contribution is 2.35. The second kappa shape index (κ2) is 7.86. The van der Waals surface area contributed by atoms with Gasteiger partial charge in [-0.05, 0) is 29.3 Å². The number of fused-ring (bicyclic) bond motifs is 3. The molecule has 0 bridgehead atoms. The fourth-order valence-electron chi connectivity index (χ4n) is 4.20. The van der Waals surface area contributed by atoms with Crippen molar-refractivity contribution in [2.24, 2.45) is 0 Å². The minimum atomic E-state index is -3.54. The van der Waals surface area contributed by atoms with E-state index >= 15 is 0 Å². The van der Waals surface area contributed by atoms with Crippen molar-refractivity contribution >= 4 is 26.9 Å². The third-order valence-electron chi connectivity index (χ3n) is 5.77. The monoisotopic (exact) mass is 427 g/mol. The van der Waals surface area contributed by atoms with Gasteiger partial charge in [-0.1, -0.05) is 44.2 Å². The fraction of sp³-hybridized carbons (Fsp3) is 0.318. The second-order valence-electron chi connectivity index (χ2n) is 7.42. The number of nitrogens with one attached hydrogen (secondary N) is 2. The van der Waals surface area contributed by atoms with Crippen molar-refractivity contribution in [2.75, 3.05) is 13.1 Å². The van der Waals surface area contributed by atoms with Gasteiger partial charge >= 0.3 is 5.97 Å². The van der Waals surface area contributed by atoms with Gasteiger partial charge in [-0.25, -0.2) is 8.42 Å². The number of carboxylic acid groups (broad SMARTS) is 1. The van der Waals surface area contributed by atoms with Gasteiger partial charge in [-0.3, -0.25) is 10.1 Å². The van der Waals surface area contributed by atoms with Gasteiger partial charge in [0.05, 0.1) is 10.9 Å². The molecule has 30 heavy (non-hydrogen) atoms. The molecule has 1 aromatic heterocycles. The van der Waals surface area contributed by atoms with Gasteiger partial charge in [0.2, 0.25) is 10.0 Å². The van der Waals surface area contributed by atoms with E-state index in [1.54, 1.807) is 24.3 Å². The molecule has 3 aromatic rings. The molecule has 2 heterocycles. The molecule has 0 saturated heterocycles. The molecule has 0 aliphatic carbocycles. The van der Waals surface area contributed by atoms with Crippen LogP contribution in [0.1, 0.15) is 36.7 Å².